The fourth-order valence-electron chi connectivity index (χ4n) is 9.28. The Bertz CT molecular complexity index is 3000. The van der Waals surface area contributed by atoms with Crippen LogP contribution in [0.5, 0.6) is 0 Å². The molecular weight excluding hydrogens is 689 g/mol. The molecule has 1 aliphatic carbocycles. The minimum atomic E-state index is -0.488. The topological polar surface area (TPSA) is 19.0 Å². The maximum absolute atomic E-state index is 3.57. The number of hydrogen-bond donors (Lipinski definition) is 1. The van der Waals surface area contributed by atoms with E-state index in [0.717, 1.165) is 28.1 Å². The molecule has 0 aliphatic heterocycles. The van der Waals surface area contributed by atoms with E-state index in [1.807, 2.05) is 0 Å². The summed E-state index contributed by atoms with van der Waals surface area (Å²) in [5, 5.41) is 2.49. The maximum atomic E-state index is 3.57. The predicted molar refractivity (Wildman–Crippen MR) is 239 cm³/mol. The SMILES string of the molecule is c1ccc(-c2ccc(N(c3ccc(-c4ccc5[nH]c6ccccc6c5c4)cc3)c3ccc4c(c3)C(c3ccccc3)(c3ccccc3)c3ccccc3-4)cc2)cc1. The van der Waals surface area contributed by atoms with Crippen LogP contribution in [0, 0.1) is 0 Å². The van der Waals surface area contributed by atoms with Crippen LogP contribution in [0.3, 0.4) is 0 Å². The Balaban J connectivity index is 1.08. The molecule has 0 spiro atoms. The highest BCUT2D eigenvalue weighted by molar-refractivity contribution is 6.08. The molecule has 2 nitrogen and oxygen atoms in total. The second-order valence-electron chi connectivity index (χ2n) is 15.0. The number of aromatic nitrogens is 1. The Kier molecular flexibility index (Phi) is 7.75. The first-order valence-corrected chi connectivity index (χ1v) is 19.7. The van der Waals surface area contributed by atoms with Gasteiger partial charge in [-0.05, 0) is 110 Å². The number of nitrogens with zero attached hydrogens (tertiary/aromatic N) is 1. The summed E-state index contributed by atoms with van der Waals surface area (Å²) in [7, 11) is 0. The van der Waals surface area contributed by atoms with E-state index in [9.17, 15) is 0 Å². The lowest BCUT2D eigenvalue weighted by atomic mass is 9.67. The minimum absolute atomic E-state index is 0.488. The summed E-state index contributed by atoms with van der Waals surface area (Å²) in [5.41, 5.74) is 17.6. The molecule has 1 N–H and O–H groups in total. The lowest BCUT2D eigenvalue weighted by Gasteiger charge is -2.35. The summed E-state index contributed by atoms with van der Waals surface area (Å²) >= 11 is 0. The van der Waals surface area contributed by atoms with E-state index < -0.39 is 5.41 Å². The lowest BCUT2D eigenvalue weighted by Crippen LogP contribution is -2.28. The fourth-order valence-corrected chi connectivity index (χ4v) is 9.28. The Hall–Kier alpha value is -7.42. The maximum Gasteiger partial charge on any atom is 0.0714 e. The monoisotopic (exact) mass is 726 g/mol. The van der Waals surface area contributed by atoms with Gasteiger partial charge in [0.2, 0.25) is 0 Å². The Morgan fingerprint density at radius 2 is 0.807 bits per heavy atom. The van der Waals surface area contributed by atoms with Crippen LogP contribution in [-0.4, -0.2) is 4.98 Å². The first-order valence-electron chi connectivity index (χ1n) is 19.7. The summed E-state index contributed by atoms with van der Waals surface area (Å²) in [6.45, 7) is 0. The van der Waals surface area contributed by atoms with Gasteiger partial charge < -0.3 is 9.88 Å². The molecule has 10 aromatic rings. The number of hydrogen-bond acceptors (Lipinski definition) is 1. The third-order valence-corrected chi connectivity index (χ3v) is 11.9. The molecule has 57 heavy (non-hydrogen) atoms. The van der Waals surface area contributed by atoms with Crippen LogP contribution in [-0.2, 0) is 5.41 Å². The molecule has 2 heteroatoms. The zero-order valence-corrected chi connectivity index (χ0v) is 31.3. The molecule has 0 atom stereocenters. The first kappa shape index (κ1) is 33.0. The van der Waals surface area contributed by atoms with Gasteiger partial charge in [0.1, 0.15) is 0 Å². The Morgan fingerprint density at radius 3 is 1.49 bits per heavy atom. The van der Waals surface area contributed by atoms with Crippen molar-refractivity contribution in [2.75, 3.05) is 4.90 Å². The molecule has 1 aromatic heterocycles. The number of rotatable bonds is 7. The molecule has 0 amide bonds. The van der Waals surface area contributed by atoms with Crippen molar-refractivity contribution >= 4 is 38.9 Å². The zero-order chi connectivity index (χ0) is 37.8. The molecule has 1 aliphatic rings. The standard InChI is InChI=1S/C55H38N2/c1-4-14-38(15-5-1)39-24-29-44(30-25-39)57(45-31-26-40(27-32-45)41-28-35-54-50(36-41)49-21-11-13-23-53(49)56-54)46-33-34-48-47-20-10-12-22-51(47)55(52(48)37-46,42-16-6-2-7-17-42)43-18-8-3-9-19-43/h1-37,56H. The van der Waals surface area contributed by atoms with E-state index in [4.69, 9.17) is 0 Å². The van der Waals surface area contributed by atoms with E-state index in [-0.39, 0.29) is 0 Å². The van der Waals surface area contributed by atoms with Gasteiger partial charge in [-0.2, -0.15) is 0 Å². The van der Waals surface area contributed by atoms with Crippen LogP contribution in [0.4, 0.5) is 17.1 Å². The molecule has 0 radical (unpaired) electrons. The van der Waals surface area contributed by atoms with Crippen molar-refractivity contribution in [3.8, 4) is 33.4 Å². The number of nitrogens with one attached hydrogen (secondary N) is 1. The molecule has 0 unspecified atom stereocenters. The molecule has 0 saturated carbocycles. The van der Waals surface area contributed by atoms with Gasteiger partial charge in [-0.15, -0.1) is 0 Å². The highest BCUT2D eigenvalue weighted by Crippen LogP contribution is 2.57. The molecule has 11 rings (SSSR count). The van der Waals surface area contributed by atoms with Gasteiger partial charge in [-0.3, -0.25) is 0 Å². The van der Waals surface area contributed by atoms with E-state index in [1.54, 1.807) is 0 Å². The highest BCUT2D eigenvalue weighted by Gasteiger charge is 2.46. The van der Waals surface area contributed by atoms with Crippen LogP contribution < -0.4 is 4.90 Å². The number of H-pyrrole nitrogens is 1. The molecule has 268 valence electrons. The second-order valence-corrected chi connectivity index (χ2v) is 15.0. The molecule has 0 saturated heterocycles. The quantitative estimate of drug-likeness (QED) is 0.173. The highest BCUT2D eigenvalue weighted by atomic mass is 15.1. The van der Waals surface area contributed by atoms with Gasteiger partial charge in [0.25, 0.3) is 0 Å². The summed E-state index contributed by atoms with van der Waals surface area (Å²) in [4.78, 5) is 5.98. The summed E-state index contributed by atoms with van der Waals surface area (Å²) in [6.07, 6.45) is 0. The van der Waals surface area contributed by atoms with Crippen LogP contribution in [0.15, 0.2) is 224 Å². The smallest absolute Gasteiger partial charge is 0.0714 e. The molecule has 1 heterocycles. The van der Waals surface area contributed by atoms with Crippen molar-refractivity contribution < 1.29 is 0 Å². The average Bonchev–Trinajstić information content (AvgIpc) is 3.81. The number of aromatic amines is 1. The van der Waals surface area contributed by atoms with Crippen LogP contribution >= 0.6 is 0 Å². The van der Waals surface area contributed by atoms with Gasteiger partial charge in [-0.25, -0.2) is 0 Å². The Labute approximate surface area is 333 Å². The van der Waals surface area contributed by atoms with E-state index in [1.165, 1.54) is 66.4 Å². The molecule has 0 bridgehead atoms. The van der Waals surface area contributed by atoms with E-state index >= 15 is 0 Å². The summed E-state index contributed by atoms with van der Waals surface area (Å²) in [6, 6.07) is 82.0. The summed E-state index contributed by atoms with van der Waals surface area (Å²) in [5.74, 6) is 0. The number of benzene rings is 9. The van der Waals surface area contributed by atoms with E-state index in [2.05, 4.69) is 234 Å². The van der Waals surface area contributed by atoms with Crippen LogP contribution in [0.1, 0.15) is 22.3 Å². The van der Waals surface area contributed by atoms with Crippen molar-refractivity contribution in [1.82, 2.24) is 4.98 Å². The lowest BCUT2D eigenvalue weighted by molar-refractivity contribution is 0.768. The predicted octanol–water partition coefficient (Wildman–Crippen LogP) is 14.5. The van der Waals surface area contributed by atoms with E-state index in [0.29, 0.717) is 0 Å². The van der Waals surface area contributed by atoms with Gasteiger partial charge in [0, 0.05) is 38.9 Å². The van der Waals surface area contributed by atoms with Crippen molar-refractivity contribution in [3.63, 3.8) is 0 Å². The first-order chi connectivity index (χ1) is 28.3. The van der Waals surface area contributed by atoms with Gasteiger partial charge in [0.05, 0.1) is 5.41 Å². The van der Waals surface area contributed by atoms with Crippen LogP contribution in [0.2, 0.25) is 0 Å². The summed E-state index contributed by atoms with van der Waals surface area (Å²) < 4.78 is 0. The minimum Gasteiger partial charge on any atom is -0.355 e. The second kappa shape index (κ2) is 13.4. The average molecular weight is 727 g/mol. The van der Waals surface area contributed by atoms with Crippen molar-refractivity contribution in [2.24, 2.45) is 0 Å². The van der Waals surface area contributed by atoms with Gasteiger partial charge >= 0.3 is 0 Å². The number of anilines is 3. The third kappa shape index (κ3) is 5.33. The number of para-hydroxylation sites is 1. The van der Waals surface area contributed by atoms with Gasteiger partial charge in [-0.1, -0.05) is 170 Å². The largest absolute Gasteiger partial charge is 0.355 e. The van der Waals surface area contributed by atoms with Gasteiger partial charge in [0.15, 0.2) is 0 Å². The van der Waals surface area contributed by atoms with Crippen molar-refractivity contribution in [1.29, 1.82) is 0 Å². The van der Waals surface area contributed by atoms with Crippen molar-refractivity contribution in [2.45, 2.75) is 5.41 Å². The number of fused-ring (bicyclic) bond motifs is 6. The van der Waals surface area contributed by atoms with Crippen LogP contribution in [0.25, 0.3) is 55.2 Å². The molecule has 9 aromatic carbocycles. The molecule has 0 fully saturated rings. The van der Waals surface area contributed by atoms with Crippen molar-refractivity contribution in [3.05, 3.63) is 247 Å². The third-order valence-electron chi connectivity index (χ3n) is 11.9. The fraction of sp³-hybridized carbons (Fsp3) is 0.0182. The zero-order valence-electron chi connectivity index (χ0n) is 31.3. The molecular formula is C55H38N2. The normalized spacial score (nSPS) is 12.7. The Morgan fingerprint density at radius 1 is 0.316 bits per heavy atom.